The van der Waals surface area contributed by atoms with Crippen molar-refractivity contribution >= 4 is 34.7 Å². The van der Waals surface area contributed by atoms with Gasteiger partial charge in [-0.15, -0.1) is 0 Å². The molecule has 0 amide bonds. The normalized spacial score (nSPS) is 13.0. The van der Waals surface area contributed by atoms with Crippen LogP contribution in [0.15, 0.2) is 127 Å². The Bertz CT molecular complexity index is 1370. The van der Waals surface area contributed by atoms with E-state index in [0.717, 1.165) is 12.8 Å². The number of Topliss-reactive ketones (excluding diaryl/α,β-unsaturated/α-hetero) is 1. The Morgan fingerprint density at radius 2 is 0.927 bits per heavy atom. The molecule has 0 saturated heterocycles. The highest BCUT2D eigenvalue weighted by Gasteiger charge is 2.44. The van der Waals surface area contributed by atoms with Crippen LogP contribution in [0.4, 0.5) is 0 Å². The van der Waals surface area contributed by atoms with Crippen LogP contribution in [0, 0.1) is 0 Å². The van der Waals surface area contributed by atoms with E-state index in [1.165, 1.54) is 60.3 Å². The standard InChI is InChI=1S/C37H38NO2P/c39-36-29-35(37(40)34-26-16-15-25-33(34)36)38-27-17-4-2-1-3-5-18-28-41(30-19-9-6-10-20-30,31-21-11-7-12-22-31)32-23-13-8-14-24-32/h6-16,19-26,29H,1-5,17-18,27-28H2/p+1. The number of ketones is 2. The highest BCUT2D eigenvalue weighted by molar-refractivity contribution is 7.95. The van der Waals surface area contributed by atoms with E-state index in [2.05, 4.69) is 96.3 Å². The lowest BCUT2D eigenvalue weighted by atomic mass is 9.93. The van der Waals surface area contributed by atoms with Gasteiger partial charge in [-0.1, -0.05) is 105 Å². The topological polar surface area (TPSA) is 46.2 Å². The molecule has 0 fully saturated rings. The first-order valence-corrected chi connectivity index (χ1v) is 16.9. The minimum atomic E-state index is -1.73. The summed E-state index contributed by atoms with van der Waals surface area (Å²) in [6.45, 7) is 0.714. The average molecular weight is 561 g/mol. The largest absolute Gasteiger partial charge is 0.382 e. The van der Waals surface area contributed by atoms with Crippen LogP contribution < -0.4 is 21.2 Å². The van der Waals surface area contributed by atoms with E-state index in [1.807, 2.05) is 0 Å². The van der Waals surface area contributed by atoms with E-state index in [1.54, 1.807) is 24.3 Å². The molecule has 0 aliphatic heterocycles. The van der Waals surface area contributed by atoms with Crippen molar-refractivity contribution in [1.29, 1.82) is 0 Å². The van der Waals surface area contributed by atoms with Gasteiger partial charge in [-0.25, -0.2) is 0 Å². The minimum absolute atomic E-state index is 0.0828. The summed E-state index contributed by atoms with van der Waals surface area (Å²) in [6.07, 6.45) is 10.8. The molecule has 41 heavy (non-hydrogen) atoms. The number of nitrogens with one attached hydrogen (secondary N) is 1. The molecule has 1 aliphatic carbocycles. The summed E-state index contributed by atoms with van der Waals surface area (Å²) in [5, 5.41) is 7.59. The zero-order valence-electron chi connectivity index (χ0n) is 23.7. The highest BCUT2D eigenvalue weighted by atomic mass is 31.2. The second-order valence-electron chi connectivity index (χ2n) is 10.7. The summed E-state index contributed by atoms with van der Waals surface area (Å²) in [5.41, 5.74) is 1.43. The molecule has 0 radical (unpaired) electrons. The molecule has 3 nitrogen and oxygen atoms in total. The summed E-state index contributed by atoms with van der Waals surface area (Å²) < 4.78 is 0. The molecule has 0 unspecified atom stereocenters. The Labute approximate surface area is 245 Å². The predicted molar refractivity (Wildman–Crippen MR) is 174 cm³/mol. The van der Waals surface area contributed by atoms with Crippen LogP contribution in [0.3, 0.4) is 0 Å². The summed E-state index contributed by atoms with van der Waals surface area (Å²) >= 11 is 0. The fraction of sp³-hybridized carbons (Fsp3) is 0.243. The van der Waals surface area contributed by atoms with Gasteiger partial charge in [0.05, 0.1) is 11.9 Å². The zero-order valence-corrected chi connectivity index (χ0v) is 24.6. The highest BCUT2D eigenvalue weighted by Crippen LogP contribution is 2.56. The van der Waals surface area contributed by atoms with Gasteiger partial charge < -0.3 is 5.32 Å². The van der Waals surface area contributed by atoms with E-state index in [-0.39, 0.29) is 11.6 Å². The Hall–Kier alpha value is -3.81. The smallest absolute Gasteiger partial charge is 0.209 e. The Balaban J connectivity index is 1.09. The van der Waals surface area contributed by atoms with E-state index >= 15 is 0 Å². The lowest BCUT2D eigenvalue weighted by molar-refractivity contribution is 0.0978. The van der Waals surface area contributed by atoms with Gasteiger partial charge in [0.2, 0.25) is 5.78 Å². The van der Waals surface area contributed by atoms with E-state index in [0.29, 0.717) is 23.4 Å². The number of benzene rings is 4. The fourth-order valence-corrected chi connectivity index (χ4v) is 10.3. The Morgan fingerprint density at radius 3 is 1.46 bits per heavy atom. The van der Waals surface area contributed by atoms with Gasteiger partial charge >= 0.3 is 0 Å². The van der Waals surface area contributed by atoms with Gasteiger partial charge in [-0.2, -0.15) is 0 Å². The first kappa shape index (κ1) is 28.7. The summed E-state index contributed by atoms with van der Waals surface area (Å²) in [5.74, 6) is -0.179. The van der Waals surface area contributed by atoms with Gasteiger partial charge in [0, 0.05) is 23.7 Å². The Morgan fingerprint density at radius 1 is 0.488 bits per heavy atom. The van der Waals surface area contributed by atoms with Crippen LogP contribution in [0.25, 0.3) is 0 Å². The van der Waals surface area contributed by atoms with Crippen molar-refractivity contribution < 1.29 is 9.59 Å². The molecule has 4 aromatic carbocycles. The predicted octanol–water partition coefficient (Wildman–Crippen LogP) is 7.26. The number of hydrogen-bond acceptors (Lipinski definition) is 3. The van der Waals surface area contributed by atoms with Crippen molar-refractivity contribution in [2.24, 2.45) is 0 Å². The number of carbonyl (C=O) groups is 2. The number of carbonyl (C=O) groups excluding carboxylic acids is 2. The number of rotatable bonds is 14. The van der Waals surface area contributed by atoms with Crippen LogP contribution in [-0.4, -0.2) is 24.3 Å². The number of hydrogen-bond donors (Lipinski definition) is 1. The van der Waals surface area contributed by atoms with Crippen LogP contribution in [-0.2, 0) is 0 Å². The van der Waals surface area contributed by atoms with Gasteiger partial charge in [0.25, 0.3) is 0 Å². The summed E-state index contributed by atoms with van der Waals surface area (Å²) in [7, 11) is -1.73. The lowest BCUT2D eigenvalue weighted by Crippen LogP contribution is -2.33. The van der Waals surface area contributed by atoms with Crippen LogP contribution in [0.2, 0.25) is 0 Å². The molecule has 0 aromatic heterocycles. The average Bonchev–Trinajstić information content (AvgIpc) is 3.03. The second-order valence-corrected chi connectivity index (χ2v) is 14.4. The third-order valence-corrected chi connectivity index (χ3v) is 12.6. The molecule has 0 bridgehead atoms. The molecule has 4 heteroatoms. The molecule has 0 heterocycles. The van der Waals surface area contributed by atoms with E-state index < -0.39 is 7.26 Å². The molecule has 5 rings (SSSR count). The zero-order chi connectivity index (χ0) is 28.3. The van der Waals surface area contributed by atoms with Gasteiger partial charge in [-0.05, 0) is 55.7 Å². The third kappa shape index (κ3) is 6.75. The van der Waals surface area contributed by atoms with Crippen molar-refractivity contribution in [3.8, 4) is 0 Å². The fourth-order valence-electron chi connectivity index (χ4n) is 5.91. The molecule has 208 valence electrons. The van der Waals surface area contributed by atoms with Crippen LogP contribution in [0.1, 0.15) is 65.7 Å². The van der Waals surface area contributed by atoms with Gasteiger partial charge in [-0.3, -0.25) is 9.59 Å². The van der Waals surface area contributed by atoms with Gasteiger partial charge in [0.1, 0.15) is 23.2 Å². The van der Waals surface area contributed by atoms with Crippen LogP contribution >= 0.6 is 7.26 Å². The monoisotopic (exact) mass is 560 g/mol. The first-order valence-electron chi connectivity index (χ1n) is 14.9. The second kappa shape index (κ2) is 14.2. The molecule has 1 N–H and O–H groups in total. The first-order chi connectivity index (χ1) is 20.2. The molecule has 4 aromatic rings. The molecule has 0 saturated carbocycles. The lowest BCUT2D eigenvalue weighted by Gasteiger charge is -2.27. The molecular formula is C37H39NO2P+. The SMILES string of the molecule is O=C1C=C(NCCCCCCCCC[P+](c2ccccc2)(c2ccccc2)c2ccccc2)C(=O)c2ccccc21. The molecule has 0 spiro atoms. The van der Waals surface area contributed by atoms with Crippen molar-refractivity contribution in [2.45, 2.75) is 44.9 Å². The quantitative estimate of drug-likeness (QED) is 0.130. The molecule has 0 atom stereocenters. The maximum atomic E-state index is 12.7. The summed E-state index contributed by atoms with van der Waals surface area (Å²) in [4.78, 5) is 25.0. The maximum Gasteiger partial charge on any atom is 0.209 e. The molecule has 1 aliphatic rings. The molecular weight excluding hydrogens is 521 g/mol. The van der Waals surface area contributed by atoms with Crippen LogP contribution in [0.5, 0.6) is 0 Å². The van der Waals surface area contributed by atoms with Crippen molar-refractivity contribution in [1.82, 2.24) is 5.32 Å². The third-order valence-electron chi connectivity index (χ3n) is 8.03. The van der Waals surface area contributed by atoms with Crippen molar-refractivity contribution in [2.75, 3.05) is 12.7 Å². The number of allylic oxidation sites excluding steroid dienone is 2. The Kier molecular flexibility index (Phi) is 9.94. The maximum absolute atomic E-state index is 12.7. The van der Waals surface area contributed by atoms with E-state index in [9.17, 15) is 9.59 Å². The van der Waals surface area contributed by atoms with Crippen molar-refractivity contribution in [3.63, 3.8) is 0 Å². The van der Waals surface area contributed by atoms with Crippen molar-refractivity contribution in [3.05, 3.63) is 138 Å². The number of fused-ring (bicyclic) bond motifs is 1. The van der Waals surface area contributed by atoms with E-state index in [4.69, 9.17) is 0 Å². The minimum Gasteiger partial charge on any atom is -0.382 e. The summed E-state index contributed by atoms with van der Waals surface area (Å²) in [6, 6.07) is 40.5. The van der Waals surface area contributed by atoms with Gasteiger partial charge in [0.15, 0.2) is 5.78 Å². The number of unbranched alkanes of at least 4 members (excludes halogenated alkanes) is 6.